The molecule has 0 spiro atoms. The third-order valence-corrected chi connectivity index (χ3v) is 1.26. The smallest absolute Gasteiger partial charge is 0.0361 e. The molecule has 0 aromatic heterocycles. The zero-order chi connectivity index (χ0) is 9.28. The van der Waals surface area contributed by atoms with Crippen LogP contribution in [0.15, 0.2) is 16.1 Å². The molecule has 66 valence electrons. The summed E-state index contributed by atoms with van der Waals surface area (Å²) in [5.41, 5.74) is 2.61. The van der Waals surface area contributed by atoms with Crippen molar-refractivity contribution in [1.82, 2.24) is 0 Å². The van der Waals surface area contributed by atoms with E-state index in [2.05, 4.69) is 25.8 Å². The minimum atomic E-state index is 0.880. The number of nitrogens with zero attached hydrogens (tertiary/aromatic N) is 1. The van der Waals surface area contributed by atoms with Crippen LogP contribution in [0.3, 0.4) is 0 Å². The molecule has 0 heterocycles. The average Bonchev–Trinajstić information content (AvgIpc) is 2.03. The lowest BCUT2D eigenvalue weighted by molar-refractivity contribution is 1.13. The molecule has 1 nitrogen and oxygen atoms in total. The van der Waals surface area contributed by atoms with E-state index in [1.165, 1.54) is 11.1 Å². The summed E-state index contributed by atoms with van der Waals surface area (Å²) in [7, 11) is 0. The second-order valence-electron chi connectivity index (χ2n) is 2.31. The van der Waals surface area contributed by atoms with Gasteiger partial charge in [0.15, 0.2) is 0 Å². The quantitative estimate of drug-likeness (QED) is 0.541. The maximum atomic E-state index is 4.11. The van der Waals surface area contributed by atoms with Gasteiger partial charge in [-0.25, -0.2) is 0 Å². The summed E-state index contributed by atoms with van der Waals surface area (Å²) in [5.74, 6) is 0. The second-order valence-corrected chi connectivity index (χ2v) is 2.31. The van der Waals surface area contributed by atoms with Gasteiger partial charge in [0.25, 0.3) is 0 Å². The molecule has 11 heavy (non-hydrogen) atoms. The molecule has 0 atom stereocenters. The van der Waals surface area contributed by atoms with Crippen molar-refractivity contribution in [2.75, 3.05) is 6.54 Å². The van der Waals surface area contributed by atoms with Crippen LogP contribution in [0.4, 0.5) is 0 Å². The molecule has 0 saturated heterocycles. The lowest BCUT2D eigenvalue weighted by Crippen LogP contribution is -1.81. The van der Waals surface area contributed by atoms with Gasteiger partial charge in [-0.3, -0.25) is 4.99 Å². The Kier molecular flexibility index (Phi) is 11.1. The van der Waals surface area contributed by atoms with E-state index in [4.69, 9.17) is 0 Å². The van der Waals surface area contributed by atoms with E-state index in [0.29, 0.717) is 0 Å². The lowest BCUT2D eigenvalue weighted by atomic mass is 10.2. The van der Waals surface area contributed by atoms with Crippen molar-refractivity contribution in [2.24, 2.45) is 4.99 Å². The predicted molar refractivity (Wildman–Crippen MR) is 54.4 cm³/mol. The molecule has 0 rings (SSSR count). The van der Waals surface area contributed by atoms with Crippen LogP contribution in [0.25, 0.3) is 0 Å². The van der Waals surface area contributed by atoms with Crippen LogP contribution in [0, 0.1) is 0 Å². The number of rotatable bonds is 2. The standard InChI is InChI=1S/C8H15N.C2H6/c1-5-9-6-8(4)7(2)3;1-2/h6H,5H2,1-4H3;1-2H3. The van der Waals surface area contributed by atoms with Crippen LogP contribution in [0.1, 0.15) is 41.5 Å². The van der Waals surface area contributed by atoms with Crippen LogP contribution in [-0.2, 0) is 0 Å². The Balaban J connectivity index is 0. The highest BCUT2D eigenvalue weighted by atomic mass is 14.7. The molecule has 0 saturated carbocycles. The molecular formula is C10H21N. The summed E-state index contributed by atoms with van der Waals surface area (Å²) in [4.78, 5) is 4.11. The first-order valence-corrected chi connectivity index (χ1v) is 4.32. The highest BCUT2D eigenvalue weighted by Gasteiger charge is 1.82. The second kappa shape index (κ2) is 9.41. The van der Waals surface area contributed by atoms with E-state index in [1.54, 1.807) is 0 Å². The van der Waals surface area contributed by atoms with Crippen LogP contribution >= 0.6 is 0 Å². The van der Waals surface area contributed by atoms with Crippen molar-refractivity contribution >= 4 is 6.21 Å². The summed E-state index contributed by atoms with van der Waals surface area (Å²) in [6, 6.07) is 0. The van der Waals surface area contributed by atoms with E-state index < -0.39 is 0 Å². The molecule has 0 amide bonds. The highest BCUT2D eigenvalue weighted by Crippen LogP contribution is 1.97. The first kappa shape index (κ1) is 13.0. The molecule has 0 aliphatic carbocycles. The molecule has 0 bridgehead atoms. The minimum absolute atomic E-state index is 0.880. The number of hydrogen-bond donors (Lipinski definition) is 0. The zero-order valence-corrected chi connectivity index (χ0v) is 8.73. The van der Waals surface area contributed by atoms with Crippen LogP contribution in [0.2, 0.25) is 0 Å². The molecule has 0 fully saturated rings. The third-order valence-electron chi connectivity index (χ3n) is 1.26. The van der Waals surface area contributed by atoms with Crippen molar-refractivity contribution in [3.63, 3.8) is 0 Å². The topological polar surface area (TPSA) is 12.4 Å². The monoisotopic (exact) mass is 155 g/mol. The van der Waals surface area contributed by atoms with E-state index in [0.717, 1.165) is 6.54 Å². The van der Waals surface area contributed by atoms with Gasteiger partial charge in [-0.05, 0) is 33.3 Å². The van der Waals surface area contributed by atoms with Crippen molar-refractivity contribution in [3.8, 4) is 0 Å². The molecular weight excluding hydrogens is 134 g/mol. The van der Waals surface area contributed by atoms with Gasteiger partial charge in [-0.2, -0.15) is 0 Å². The fourth-order valence-electron chi connectivity index (χ4n) is 0.357. The maximum Gasteiger partial charge on any atom is 0.0361 e. The average molecular weight is 155 g/mol. The number of allylic oxidation sites excluding steroid dienone is 2. The Hall–Kier alpha value is -0.590. The van der Waals surface area contributed by atoms with Crippen LogP contribution in [0.5, 0.6) is 0 Å². The van der Waals surface area contributed by atoms with Crippen molar-refractivity contribution in [2.45, 2.75) is 41.5 Å². The Labute approximate surface area is 71.2 Å². The molecule has 0 unspecified atom stereocenters. The van der Waals surface area contributed by atoms with Crippen LogP contribution in [-0.4, -0.2) is 12.8 Å². The van der Waals surface area contributed by atoms with Gasteiger partial charge in [-0.15, -0.1) is 0 Å². The molecule has 0 radical (unpaired) electrons. The molecule has 0 N–H and O–H groups in total. The molecule has 0 aliphatic heterocycles. The Morgan fingerprint density at radius 2 is 1.64 bits per heavy atom. The van der Waals surface area contributed by atoms with E-state index in [9.17, 15) is 0 Å². The Bertz CT molecular complexity index is 128. The summed E-state index contributed by atoms with van der Waals surface area (Å²) < 4.78 is 0. The minimum Gasteiger partial charge on any atom is -0.293 e. The van der Waals surface area contributed by atoms with Crippen molar-refractivity contribution < 1.29 is 0 Å². The fraction of sp³-hybridized carbons (Fsp3) is 0.700. The molecule has 0 aliphatic rings. The summed E-state index contributed by atoms with van der Waals surface area (Å²) in [5, 5.41) is 0. The largest absolute Gasteiger partial charge is 0.293 e. The molecule has 0 aromatic carbocycles. The summed E-state index contributed by atoms with van der Waals surface area (Å²) >= 11 is 0. The van der Waals surface area contributed by atoms with Gasteiger partial charge in [0, 0.05) is 12.8 Å². The predicted octanol–water partition coefficient (Wildman–Crippen LogP) is 3.46. The van der Waals surface area contributed by atoms with E-state index in [-0.39, 0.29) is 0 Å². The number of hydrogen-bond acceptors (Lipinski definition) is 1. The van der Waals surface area contributed by atoms with E-state index in [1.807, 2.05) is 27.0 Å². The fourth-order valence-corrected chi connectivity index (χ4v) is 0.357. The summed E-state index contributed by atoms with van der Waals surface area (Å²) in [6.07, 6.45) is 1.93. The third kappa shape index (κ3) is 9.41. The molecule has 0 aromatic rings. The van der Waals surface area contributed by atoms with Gasteiger partial charge in [0.05, 0.1) is 0 Å². The summed E-state index contributed by atoms with van der Waals surface area (Å²) in [6.45, 7) is 13.2. The SMILES string of the molecule is CC.CCN=CC(C)=C(C)C. The van der Waals surface area contributed by atoms with Gasteiger partial charge >= 0.3 is 0 Å². The van der Waals surface area contributed by atoms with Gasteiger partial charge in [-0.1, -0.05) is 19.4 Å². The first-order chi connectivity index (χ1) is 5.18. The Morgan fingerprint density at radius 3 is 1.91 bits per heavy atom. The normalized spacial score (nSPS) is 8.91. The van der Waals surface area contributed by atoms with Gasteiger partial charge in [0.2, 0.25) is 0 Å². The zero-order valence-electron chi connectivity index (χ0n) is 8.73. The van der Waals surface area contributed by atoms with Gasteiger partial charge < -0.3 is 0 Å². The van der Waals surface area contributed by atoms with E-state index >= 15 is 0 Å². The van der Waals surface area contributed by atoms with Gasteiger partial charge in [0.1, 0.15) is 0 Å². The highest BCUT2D eigenvalue weighted by molar-refractivity contribution is 5.78. The van der Waals surface area contributed by atoms with Crippen molar-refractivity contribution in [3.05, 3.63) is 11.1 Å². The van der Waals surface area contributed by atoms with Crippen LogP contribution < -0.4 is 0 Å². The molecule has 1 heteroatoms. The maximum absolute atomic E-state index is 4.11. The Morgan fingerprint density at radius 1 is 1.18 bits per heavy atom. The number of aliphatic imine (C=N–C) groups is 1. The lowest BCUT2D eigenvalue weighted by Gasteiger charge is -1.92. The first-order valence-electron chi connectivity index (χ1n) is 4.32. The van der Waals surface area contributed by atoms with Crippen molar-refractivity contribution in [1.29, 1.82) is 0 Å².